The number of aliphatic hydroxyl groups excluding tert-OH is 1. The molecule has 0 bridgehead atoms. The van der Waals surface area contributed by atoms with E-state index in [1.165, 1.54) is 12.8 Å². The second-order valence-electron chi connectivity index (χ2n) is 5.06. The summed E-state index contributed by atoms with van der Waals surface area (Å²) < 4.78 is 12.3. The minimum absolute atomic E-state index is 0.0408. The Morgan fingerprint density at radius 1 is 1.32 bits per heavy atom. The molecular weight excluding hydrogens is 310 g/mol. The van der Waals surface area contributed by atoms with E-state index >= 15 is 0 Å². The number of aliphatic hydroxyl groups is 1. The van der Waals surface area contributed by atoms with Gasteiger partial charge < -0.3 is 19.9 Å². The summed E-state index contributed by atoms with van der Waals surface area (Å²) in [5.74, 6) is 1.53. The maximum absolute atomic E-state index is 9.56. The zero-order chi connectivity index (χ0) is 13.2. The Labute approximate surface area is 121 Å². The third-order valence-electron chi connectivity index (χ3n) is 3.42. The lowest BCUT2D eigenvalue weighted by Crippen LogP contribution is -2.26. The van der Waals surface area contributed by atoms with Crippen molar-refractivity contribution in [1.82, 2.24) is 5.32 Å². The van der Waals surface area contributed by atoms with Crippen molar-refractivity contribution in [2.45, 2.75) is 31.3 Å². The van der Waals surface area contributed by atoms with Crippen molar-refractivity contribution in [3.8, 4) is 11.5 Å². The highest BCUT2D eigenvalue weighted by molar-refractivity contribution is 9.10. The first-order valence-corrected chi connectivity index (χ1v) is 7.53. The number of ether oxygens (including phenoxy) is 2. The lowest BCUT2D eigenvalue weighted by Gasteiger charge is -2.19. The van der Waals surface area contributed by atoms with Crippen LogP contribution < -0.4 is 14.8 Å². The van der Waals surface area contributed by atoms with Crippen LogP contribution in [-0.4, -0.2) is 31.0 Å². The van der Waals surface area contributed by atoms with Crippen LogP contribution >= 0.6 is 15.9 Å². The fraction of sp³-hybridized carbons (Fsp3) is 0.571. The van der Waals surface area contributed by atoms with Gasteiger partial charge in [0.25, 0.3) is 0 Å². The Morgan fingerprint density at radius 3 is 2.84 bits per heavy atom. The summed E-state index contributed by atoms with van der Waals surface area (Å²) in [6, 6.07) is 4.48. The van der Waals surface area contributed by atoms with E-state index in [-0.39, 0.29) is 12.6 Å². The summed E-state index contributed by atoms with van der Waals surface area (Å²) in [6.45, 7) is 1.43. The van der Waals surface area contributed by atoms with E-state index in [9.17, 15) is 5.11 Å². The molecule has 1 aliphatic carbocycles. The van der Waals surface area contributed by atoms with Crippen molar-refractivity contribution < 1.29 is 14.6 Å². The van der Waals surface area contributed by atoms with E-state index < -0.39 is 0 Å². The largest absolute Gasteiger partial charge is 0.490 e. The molecule has 5 heteroatoms. The average Bonchev–Trinajstić information content (AvgIpc) is 3.22. The van der Waals surface area contributed by atoms with Crippen molar-refractivity contribution >= 4 is 15.9 Å². The van der Waals surface area contributed by atoms with Crippen molar-refractivity contribution in [3.63, 3.8) is 0 Å². The SMILES string of the molecule is OCC(NC1CC1)c1cc(Br)c2c(c1)OCCCO2. The third-order valence-corrected chi connectivity index (χ3v) is 4.01. The number of nitrogens with one attached hydrogen (secondary N) is 1. The first-order valence-electron chi connectivity index (χ1n) is 6.74. The molecule has 2 aliphatic rings. The zero-order valence-electron chi connectivity index (χ0n) is 10.7. The molecule has 0 saturated heterocycles. The smallest absolute Gasteiger partial charge is 0.175 e. The van der Waals surface area contributed by atoms with Gasteiger partial charge in [-0.05, 0) is 46.5 Å². The molecule has 1 aliphatic heterocycles. The van der Waals surface area contributed by atoms with Crippen LogP contribution in [0.1, 0.15) is 30.9 Å². The number of hydrogen-bond donors (Lipinski definition) is 2. The predicted octanol–water partition coefficient (Wildman–Crippen LogP) is 2.40. The van der Waals surface area contributed by atoms with E-state index in [1.807, 2.05) is 12.1 Å². The van der Waals surface area contributed by atoms with Gasteiger partial charge in [-0.25, -0.2) is 0 Å². The summed E-state index contributed by atoms with van der Waals surface area (Å²) in [6.07, 6.45) is 3.28. The standard InChI is InChI=1S/C14H18BrNO3/c15-11-6-9(12(8-17)16-10-2-3-10)7-13-14(11)19-5-1-4-18-13/h6-7,10,12,16-17H,1-5,8H2. The molecule has 0 radical (unpaired) electrons. The number of rotatable bonds is 4. The monoisotopic (exact) mass is 327 g/mol. The summed E-state index contributed by atoms with van der Waals surface area (Å²) in [4.78, 5) is 0. The Bertz CT molecular complexity index is 462. The maximum atomic E-state index is 9.56. The van der Waals surface area contributed by atoms with Gasteiger partial charge in [0.15, 0.2) is 11.5 Å². The van der Waals surface area contributed by atoms with E-state index in [2.05, 4.69) is 21.2 Å². The molecule has 2 N–H and O–H groups in total. The second-order valence-corrected chi connectivity index (χ2v) is 5.91. The molecule has 104 valence electrons. The van der Waals surface area contributed by atoms with Gasteiger partial charge in [-0.1, -0.05) is 0 Å². The fourth-order valence-corrected chi connectivity index (χ4v) is 2.81. The van der Waals surface area contributed by atoms with Gasteiger partial charge in [0.2, 0.25) is 0 Å². The average molecular weight is 328 g/mol. The number of halogens is 1. The van der Waals surface area contributed by atoms with Crippen LogP contribution in [0.3, 0.4) is 0 Å². The van der Waals surface area contributed by atoms with Crippen LogP contribution in [0, 0.1) is 0 Å². The molecule has 4 nitrogen and oxygen atoms in total. The predicted molar refractivity (Wildman–Crippen MR) is 75.7 cm³/mol. The van der Waals surface area contributed by atoms with E-state index in [0.717, 1.165) is 28.0 Å². The fourth-order valence-electron chi connectivity index (χ4n) is 2.24. The molecular formula is C14H18BrNO3. The molecule has 0 spiro atoms. The number of fused-ring (bicyclic) bond motifs is 1. The topological polar surface area (TPSA) is 50.7 Å². The molecule has 19 heavy (non-hydrogen) atoms. The van der Waals surface area contributed by atoms with Crippen LogP contribution in [0.2, 0.25) is 0 Å². The van der Waals surface area contributed by atoms with Gasteiger partial charge in [-0.15, -0.1) is 0 Å². The highest BCUT2D eigenvalue weighted by atomic mass is 79.9. The van der Waals surface area contributed by atoms with Gasteiger partial charge >= 0.3 is 0 Å². The van der Waals surface area contributed by atoms with Crippen molar-refractivity contribution in [3.05, 3.63) is 22.2 Å². The molecule has 1 fully saturated rings. The molecule has 1 unspecified atom stereocenters. The molecule has 1 aromatic carbocycles. The zero-order valence-corrected chi connectivity index (χ0v) is 12.3. The molecule has 1 saturated carbocycles. The number of benzene rings is 1. The normalized spacial score (nSPS) is 19.9. The van der Waals surface area contributed by atoms with Crippen LogP contribution in [0.15, 0.2) is 16.6 Å². The van der Waals surface area contributed by atoms with Gasteiger partial charge in [0.05, 0.1) is 30.3 Å². The Morgan fingerprint density at radius 2 is 2.11 bits per heavy atom. The highest BCUT2D eigenvalue weighted by Gasteiger charge is 2.26. The van der Waals surface area contributed by atoms with Crippen LogP contribution in [0.25, 0.3) is 0 Å². The Balaban J connectivity index is 1.88. The van der Waals surface area contributed by atoms with Gasteiger partial charge in [0, 0.05) is 12.5 Å². The van der Waals surface area contributed by atoms with E-state index in [4.69, 9.17) is 9.47 Å². The van der Waals surface area contributed by atoms with Crippen molar-refractivity contribution in [2.75, 3.05) is 19.8 Å². The van der Waals surface area contributed by atoms with Gasteiger partial charge in [0.1, 0.15) is 0 Å². The molecule has 1 heterocycles. The molecule has 0 amide bonds. The van der Waals surface area contributed by atoms with Crippen LogP contribution in [0.5, 0.6) is 11.5 Å². The highest BCUT2D eigenvalue weighted by Crippen LogP contribution is 2.40. The lowest BCUT2D eigenvalue weighted by molar-refractivity contribution is 0.242. The molecule has 1 atom stereocenters. The first kappa shape index (κ1) is 13.2. The van der Waals surface area contributed by atoms with Crippen LogP contribution in [0.4, 0.5) is 0 Å². The van der Waals surface area contributed by atoms with Gasteiger partial charge in [-0.2, -0.15) is 0 Å². The van der Waals surface area contributed by atoms with E-state index in [1.54, 1.807) is 0 Å². The minimum atomic E-state index is -0.0408. The lowest BCUT2D eigenvalue weighted by atomic mass is 10.1. The Kier molecular flexibility index (Phi) is 3.96. The number of hydrogen-bond acceptors (Lipinski definition) is 4. The second kappa shape index (κ2) is 5.69. The summed E-state index contributed by atoms with van der Waals surface area (Å²) in [5.41, 5.74) is 1.03. The minimum Gasteiger partial charge on any atom is -0.490 e. The summed E-state index contributed by atoms with van der Waals surface area (Å²) in [7, 11) is 0. The van der Waals surface area contributed by atoms with Crippen LogP contribution in [-0.2, 0) is 0 Å². The quantitative estimate of drug-likeness (QED) is 0.891. The maximum Gasteiger partial charge on any atom is 0.175 e. The Hall–Kier alpha value is -0.780. The van der Waals surface area contributed by atoms with Crippen molar-refractivity contribution in [2.24, 2.45) is 0 Å². The summed E-state index contributed by atoms with van der Waals surface area (Å²) >= 11 is 3.53. The first-order chi connectivity index (χ1) is 9.28. The van der Waals surface area contributed by atoms with E-state index in [0.29, 0.717) is 19.3 Å². The molecule has 3 rings (SSSR count). The third kappa shape index (κ3) is 3.04. The molecule has 0 aromatic heterocycles. The van der Waals surface area contributed by atoms with Crippen molar-refractivity contribution in [1.29, 1.82) is 0 Å². The molecule has 1 aromatic rings. The summed E-state index contributed by atoms with van der Waals surface area (Å²) in [5, 5.41) is 13.0. The van der Waals surface area contributed by atoms with Gasteiger partial charge in [-0.3, -0.25) is 0 Å².